The lowest BCUT2D eigenvalue weighted by Gasteiger charge is -2.15. The highest BCUT2D eigenvalue weighted by Gasteiger charge is 2.11. The molecule has 0 spiro atoms. The van der Waals surface area contributed by atoms with Crippen molar-refractivity contribution in [3.8, 4) is 0 Å². The average Bonchev–Trinajstić information content (AvgIpc) is 2.92. The van der Waals surface area contributed by atoms with E-state index in [0.717, 1.165) is 0 Å². The fourth-order valence-corrected chi connectivity index (χ4v) is 1.22. The first-order valence-corrected chi connectivity index (χ1v) is 14.0. The Balaban J connectivity index is -0.0000000499. The Morgan fingerprint density at radius 2 is 0.886 bits per heavy atom. The van der Waals surface area contributed by atoms with Gasteiger partial charge in [0.2, 0.25) is 17.7 Å². The Hall–Kier alpha value is -1.67. The Morgan fingerprint density at radius 1 is 0.600 bits per heavy atom. The zero-order valence-corrected chi connectivity index (χ0v) is 26.9. The van der Waals surface area contributed by atoms with E-state index < -0.39 is 6.04 Å². The van der Waals surface area contributed by atoms with Crippen LogP contribution in [-0.2, 0) is 14.4 Å². The maximum atomic E-state index is 11.1. The fraction of sp³-hybridized carbons (Fsp3) is 0.889. The minimum Gasteiger partial charge on any atom is -0.355 e. The average molecular weight is 512 g/mol. The molecule has 0 rings (SSSR count). The summed E-state index contributed by atoms with van der Waals surface area (Å²) in [7, 11) is 0. The number of rotatable bonds is 8. The van der Waals surface area contributed by atoms with Crippen LogP contribution in [0.15, 0.2) is 0 Å². The van der Waals surface area contributed by atoms with Crippen LogP contribution in [0.3, 0.4) is 0 Å². The number of carbonyl (C=O) groups excluding carboxylic acids is 3. The van der Waals surface area contributed by atoms with Crippen molar-refractivity contribution in [3.63, 3.8) is 0 Å². The van der Waals surface area contributed by atoms with Gasteiger partial charge < -0.3 is 27.4 Å². The summed E-state index contributed by atoms with van der Waals surface area (Å²) in [4.78, 5) is 32.6. The van der Waals surface area contributed by atoms with Crippen molar-refractivity contribution in [2.45, 2.75) is 149 Å². The molecule has 0 unspecified atom stereocenters. The summed E-state index contributed by atoms with van der Waals surface area (Å²) in [5.74, 6) is -0.164. The molecule has 0 bridgehead atoms. The molecule has 0 aromatic rings. The molecule has 0 aromatic carbocycles. The standard InChI is InChI=1S/C9H19N3O2.C6H14N2O.6C2H6/c1-4-8(13)11-5-6(2)12-9(14)7(3)10;1-3-6(9)8-4-5(2)7;6*1-2/h6-7H,4-5,10H2,1-3H3,(H,11,13)(H,12,14);5H,3-4,7H2,1-2H3,(H,8,9);6*1-2H3/t6-,7-;5-;;;;;;/m00....../s1. The molecule has 8 nitrogen and oxygen atoms in total. The van der Waals surface area contributed by atoms with E-state index in [1.807, 2.05) is 104 Å². The normalized spacial score (nSPS) is 10.0. The highest BCUT2D eigenvalue weighted by atomic mass is 16.2. The number of hydrogen-bond donors (Lipinski definition) is 5. The van der Waals surface area contributed by atoms with E-state index in [9.17, 15) is 14.4 Å². The molecular weight excluding hydrogens is 442 g/mol. The van der Waals surface area contributed by atoms with Crippen molar-refractivity contribution < 1.29 is 14.4 Å². The first kappa shape index (κ1) is 54.3. The van der Waals surface area contributed by atoms with Gasteiger partial charge in [-0.05, 0) is 20.8 Å². The van der Waals surface area contributed by atoms with Crippen molar-refractivity contribution in [3.05, 3.63) is 0 Å². The lowest BCUT2D eigenvalue weighted by atomic mass is 10.2. The summed E-state index contributed by atoms with van der Waals surface area (Å²) in [6.45, 7) is 33.9. The van der Waals surface area contributed by atoms with Crippen molar-refractivity contribution in [1.82, 2.24) is 16.0 Å². The summed E-state index contributed by atoms with van der Waals surface area (Å²) in [5.41, 5.74) is 10.7. The largest absolute Gasteiger partial charge is 0.355 e. The zero-order chi connectivity index (χ0) is 30.4. The quantitative estimate of drug-likeness (QED) is 0.297. The summed E-state index contributed by atoms with van der Waals surface area (Å²) >= 11 is 0. The molecule has 0 saturated carbocycles. The number of nitrogens with one attached hydrogen (secondary N) is 3. The summed E-state index contributed by atoms with van der Waals surface area (Å²) in [6.07, 6.45) is 0.987. The third-order valence-electron chi connectivity index (χ3n) is 2.67. The van der Waals surface area contributed by atoms with E-state index in [4.69, 9.17) is 11.5 Å². The zero-order valence-electron chi connectivity index (χ0n) is 26.9. The molecule has 0 aliphatic carbocycles. The van der Waals surface area contributed by atoms with Gasteiger partial charge in [-0.2, -0.15) is 0 Å². The van der Waals surface area contributed by atoms with Crippen molar-refractivity contribution in [1.29, 1.82) is 0 Å². The topological polar surface area (TPSA) is 139 Å². The van der Waals surface area contributed by atoms with Crippen LogP contribution >= 0.6 is 0 Å². The molecule has 0 saturated heterocycles. The molecule has 0 aromatic heterocycles. The highest BCUT2D eigenvalue weighted by molar-refractivity contribution is 5.81. The SMILES string of the molecule is CC.CC.CC.CC.CC.CC.CCC(=O)NC[C@H](C)N.CCC(=O)NC[C@H](C)NC(=O)[C@H](C)N. The molecule has 3 amide bonds. The molecule has 0 fully saturated rings. The van der Waals surface area contributed by atoms with Crippen molar-refractivity contribution in [2.24, 2.45) is 11.5 Å². The van der Waals surface area contributed by atoms with Crippen LogP contribution in [0, 0.1) is 0 Å². The van der Waals surface area contributed by atoms with Gasteiger partial charge in [-0.3, -0.25) is 14.4 Å². The lowest BCUT2D eigenvalue weighted by Crippen LogP contribution is -2.47. The molecule has 8 heteroatoms. The van der Waals surface area contributed by atoms with E-state index >= 15 is 0 Å². The minimum absolute atomic E-state index is 0.0214. The summed E-state index contributed by atoms with van der Waals surface area (Å²) < 4.78 is 0. The number of amides is 3. The summed E-state index contributed by atoms with van der Waals surface area (Å²) in [5, 5.41) is 8.03. The van der Waals surface area contributed by atoms with Crippen LogP contribution in [0.5, 0.6) is 0 Å². The van der Waals surface area contributed by atoms with E-state index in [1.54, 1.807) is 13.8 Å². The molecule has 3 atom stereocenters. The van der Waals surface area contributed by atoms with E-state index in [1.165, 1.54) is 0 Å². The summed E-state index contributed by atoms with van der Waals surface area (Å²) in [6, 6.07) is -0.552. The monoisotopic (exact) mass is 512 g/mol. The van der Waals surface area contributed by atoms with Gasteiger partial charge in [0.25, 0.3) is 0 Å². The Morgan fingerprint density at radius 3 is 1.11 bits per heavy atom. The van der Waals surface area contributed by atoms with Gasteiger partial charge in [-0.15, -0.1) is 0 Å². The van der Waals surface area contributed by atoms with Gasteiger partial charge in [0.05, 0.1) is 6.04 Å². The van der Waals surface area contributed by atoms with Crippen molar-refractivity contribution >= 4 is 17.7 Å². The second kappa shape index (κ2) is 58.3. The predicted molar refractivity (Wildman–Crippen MR) is 160 cm³/mol. The molecule has 220 valence electrons. The molecule has 0 heterocycles. The Labute approximate surface area is 221 Å². The number of nitrogens with two attached hydrogens (primary N) is 2. The Bertz CT molecular complexity index is 365. The van der Waals surface area contributed by atoms with Crippen LogP contribution < -0.4 is 27.4 Å². The predicted octanol–water partition coefficient (Wildman–Crippen LogP) is 5.38. The molecule has 0 radical (unpaired) electrons. The van der Waals surface area contributed by atoms with Crippen LogP contribution in [0.1, 0.15) is 131 Å². The van der Waals surface area contributed by atoms with Gasteiger partial charge in [0, 0.05) is 38.0 Å². The van der Waals surface area contributed by atoms with Crippen LogP contribution in [-0.4, -0.2) is 48.9 Å². The second-order valence-corrected chi connectivity index (χ2v) is 5.49. The van der Waals surface area contributed by atoms with Crippen molar-refractivity contribution in [2.75, 3.05) is 13.1 Å². The third kappa shape index (κ3) is 72.0. The second-order valence-electron chi connectivity index (χ2n) is 5.49. The van der Waals surface area contributed by atoms with Crippen LogP contribution in [0.4, 0.5) is 0 Å². The van der Waals surface area contributed by atoms with E-state index in [0.29, 0.717) is 25.9 Å². The van der Waals surface area contributed by atoms with Gasteiger partial charge in [-0.1, -0.05) is 96.9 Å². The minimum atomic E-state index is -0.515. The lowest BCUT2D eigenvalue weighted by molar-refractivity contribution is -0.124. The van der Waals surface area contributed by atoms with Gasteiger partial charge in [-0.25, -0.2) is 0 Å². The molecule has 35 heavy (non-hydrogen) atoms. The third-order valence-corrected chi connectivity index (χ3v) is 2.67. The first-order valence-electron chi connectivity index (χ1n) is 14.0. The molecular formula is C27H69N5O3. The smallest absolute Gasteiger partial charge is 0.236 e. The Kier molecular flexibility index (Phi) is 90.4. The van der Waals surface area contributed by atoms with E-state index in [2.05, 4.69) is 16.0 Å². The van der Waals surface area contributed by atoms with Gasteiger partial charge >= 0.3 is 0 Å². The van der Waals surface area contributed by atoms with Gasteiger partial charge in [0.15, 0.2) is 0 Å². The van der Waals surface area contributed by atoms with E-state index in [-0.39, 0.29) is 29.8 Å². The van der Waals surface area contributed by atoms with Gasteiger partial charge in [0.1, 0.15) is 0 Å². The number of carbonyl (C=O) groups is 3. The maximum absolute atomic E-state index is 11.1. The van der Waals surface area contributed by atoms with Crippen LogP contribution in [0.2, 0.25) is 0 Å². The molecule has 0 aliphatic rings. The molecule has 0 aliphatic heterocycles. The molecule has 7 N–H and O–H groups in total. The maximum Gasteiger partial charge on any atom is 0.236 e. The fourth-order valence-electron chi connectivity index (χ4n) is 1.22. The number of hydrogen-bond acceptors (Lipinski definition) is 5. The van der Waals surface area contributed by atoms with Crippen LogP contribution in [0.25, 0.3) is 0 Å². The highest BCUT2D eigenvalue weighted by Crippen LogP contribution is 1.83. The first-order chi connectivity index (χ1) is 16.6.